The minimum atomic E-state index is -0.889. The molecule has 0 aliphatic heterocycles. The van der Waals surface area contributed by atoms with E-state index in [4.69, 9.17) is 16.2 Å². The predicted molar refractivity (Wildman–Crippen MR) is 144 cm³/mol. The molecule has 0 fully saturated rings. The van der Waals surface area contributed by atoms with Gasteiger partial charge in [-0.15, -0.1) is 0 Å². The Morgan fingerprint density at radius 3 is 2.36 bits per heavy atom. The number of primary amides is 1. The average molecular weight is 509 g/mol. The fourth-order valence-corrected chi connectivity index (χ4v) is 4.55. The lowest BCUT2D eigenvalue weighted by Gasteiger charge is -2.14. The molecule has 0 radical (unpaired) electrons. The van der Waals surface area contributed by atoms with E-state index in [2.05, 4.69) is 22.8 Å². The van der Waals surface area contributed by atoms with Gasteiger partial charge in [-0.2, -0.15) is 11.8 Å². The van der Waals surface area contributed by atoms with E-state index < -0.39 is 18.0 Å². The molecule has 0 heterocycles. The number of nitrogens with two attached hydrogens (primary N) is 2. The minimum absolute atomic E-state index is 0.0284. The lowest BCUT2D eigenvalue weighted by atomic mass is 10.0. The number of hydrogen-bond donors (Lipinski definition) is 4. The number of ether oxygens (including phenoxy) is 1. The molecular weight excluding hydrogens is 476 g/mol. The number of thioether (sulfide) groups is 1. The van der Waals surface area contributed by atoms with Crippen molar-refractivity contribution in [2.45, 2.75) is 31.1 Å². The van der Waals surface area contributed by atoms with Crippen LogP contribution in [-0.4, -0.2) is 42.8 Å². The lowest BCUT2D eigenvalue weighted by Crippen LogP contribution is -2.42. The maximum atomic E-state index is 12.2. The summed E-state index contributed by atoms with van der Waals surface area (Å²) in [6.45, 7) is 0.919. The van der Waals surface area contributed by atoms with Gasteiger partial charge in [0.05, 0.1) is 19.1 Å². The van der Waals surface area contributed by atoms with Gasteiger partial charge in [0.2, 0.25) is 11.8 Å². The van der Waals surface area contributed by atoms with Crippen LogP contribution in [0.1, 0.15) is 24.0 Å². The number of urea groups is 1. The number of rotatable bonds is 13. The molecule has 0 spiro atoms. The van der Waals surface area contributed by atoms with Crippen LogP contribution in [-0.2, 0) is 21.8 Å². The van der Waals surface area contributed by atoms with Gasteiger partial charge < -0.3 is 21.5 Å². The molecule has 0 unspecified atom stereocenters. The van der Waals surface area contributed by atoms with E-state index in [0.29, 0.717) is 36.6 Å². The third kappa shape index (κ3) is 8.90. The molecule has 3 rings (SSSR count). The molecular formula is C27H32N4O4S. The molecule has 0 saturated carbocycles. The Morgan fingerprint density at radius 2 is 1.64 bits per heavy atom. The third-order valence-electron chi connectivity index (χ3n) is 5.42. The Hall–Kier alpha value is -3.56. The van der Waals surface area contributed by atoms with Gasteiger partial charge in [-0.25, -0.2) is 4.79 Å². The number of unbranched alkanes of at least 4 members (excludes halogenated alkanes) is 1. The van der Waals surface area contributed by atoms with Gasteiger partial charge in [-0.3, -0.25) is 14.9 Å². The van der Waals surface area contributed by atoms with Gasteiger partial charge in [-0.05, 0) is 41.3 Å². The first-order valence-electron chi connectivity index (χ1n) is 11.8. The zero-order valence-electron chi connectivity index (χ0n) is 20.1. The van der Waals surface area contributed by atoms with Crippen LogP contribution >= 0.6 is 11.8 Å². The molecule has 0 aliphatic carbocycles. The second-order valence-electron chi connectivity index (χ2n) is 8.35. The fraction of sp³-hybridized carbons (Fsp3) is 0.296. The Kier molecular flexibility index (Phi) is 10.6. The van der Waals surface area contributed by atoms with E-state index in [1.165, 1.54) is 5.56 Å². The van der Waals surface area contributed by atoms with Crippen molar-refractivity contribution in [3.8, 4) is 5.75 Å². The van der Waals surface area contributed by atoms with Gasteiger partial charge in [-0.1, -0.05) is 54.6 Å². The molecule has 0 bridgehead atoms. The molecule has 3 aromatic carbocycles. The van der Waals surface area contributed by atoms with E-state index in [1.807, 2.05) is 54.6 Å². The van der Waals surface area contributed by atoms with Crippen LogP contribution < -0.4 is 26.8 Å². The highest BCUT2D eigenvalue weighted by Gasteiger charge is 2.14. The highest BCUT2D eigenvalue weighted by atomic mass is 32.2. The van der Waals surface area contributed by atoms with Crippen LogP contribution in [0.15, 0.2) is 66.7 Å². The maximum absolute atomic E-state index is 12.2. The first kappa shape index (κ1) is 27.0. The minimum Gasteiger partial charge on any atom is -0.493 e. The van der Waals surface area contributed by atoms with Gasteiger partial charge in [0.25, 0.3) is 0 Å². The molecule has 9 heteroatoms. The number of carbonyl (C=O) groups is 3. The summed E-state index contributed by atoms with van der Waals surface area (Å²) >= 11 is 1.64. The lowest BCUT2D eigenvalue weighted by molar-refractivity contribution is -0.122. The summed E-state index contributed by atoms with van der Waals surface area (Å²) in [7, 11) is 0. The summed E-state index contributed by atoms with van der Waals surface area (Å²) in [4.78, 5) is 35.3. The zero-order valence-corrected chi connectivity index (χ0v) is 20.9. The molecule has 4 amide bonds. The highest BCUT2D eigenvalue weighted by Crippen LogP contribution is 2.27. The summed E-state index contributed by atoms with van der Waals surface area (Å²) in [6, 6.07) is 20.1. The van der Waals surface area contributed by atoms with E-state index in [1.54, 1.807) is 11.8 Å². The van der Waals surface area contributed by atoms with Crippen molar-refractivity contribution >= 4 is 40.4 Å². The van der Waals surface area contributed by atoms with Crippen LogP contribution in [0, 0.1) is 0 Å². The summed E-state index contributed by atoms with van der Waals surface area (Å²) in [5.74, 6) is 1.30. The number of hydrogen-bond acceptors (Lipinski definition) is 6. The molecule has 1 atom stereocenters. The van der Waals surface area contributed by atoms with Gasteiger partial charge in [0.1, 0.15) is 5.75 Å². The molecule has 0 aliphatic rings. The first-order valence-corrected chi connectivity index (χ1v) is 13.0. The van der Waals surface area contributed by atoms with Crippen molar-refractivity contribution in [2.24, 2.45) is 11.5 Å². The molecule has 36 heavy (non-hydrogen) atoms. The maximum Gasteiger partial charge on any atom is 0.318 e. The standard InChI is InChI=1S/C27H32N4O4S/c28-23(18-36-17-19-8-2-1-3-9-19)26(33)30-12-6-7-13-35-24-15-21-11-5-4-10-20(21)14-22(24)16-25(32)31-27(29)34/h1-5,8-11,14-15,23H,6-7,12-13,16-18,28H2,(H,30,33)(H3,29,31,32,34)/t23-/m1/s1. The van der Waals surface area contributed by atoms with Crippen molar-refractivity contribution in [2.75, 3.05) is 18.9 Å². The number of carbonyl (C=O) groups excluding carboxylic acids is 3. The number of amides is 4. The van der Waals surface area contributed by atoms with Crippen molar-refractivity contribution in [3.63, 3.8) is 0 Å². The number of benzene rings is 3. The second-order valence-corrected chi connectivity index (χ2v) is 9.38. The Balaban J connectivity index is 1.41. The number of nitrogens with one attached hydrogen (secondary N) is 2. The van der Waals surface area contributed by atoms with E-state index in [0.717, 1.165) is 22.9 Å². The topological polar surface area (TPSA) is 137 Å². The third-order valence-corrected chi connectivity index (χ3v) is 6.55. The van der Waals surface area contributed by atoms with E-state index >= 15 is 0 Å². The van der Waals surface area contributed by atoms with Gasteiger partial charge in [0, 0.05) is 23.6 Å². The Labute approximate surface area is 215 Å². The van der Waals surface area contributed by atoms with Crippen LogP contribution in [0.25, 0.3) is 10.8 Å². The summed E-state index contributed by atoms with van der Waals surface area (Å²) in [5, 5.41) is 6.91. The molecule has 3 aromatic rings. The summed E-state index contributed by atoms with van der Waals surface area (Å²) in [5.41, 5.74) is 12.9. The van der Waals surface area contributed by atoms with Crippen LogP contribution in [0.4, 0.5) is 4.79 Å². The summed E-state index contributed by atoms with van der Waals surface area (Å²) in [6.07, 6.45) is 1.40. The van der Waals surface area contributed by atoms with E-state index in [-0.39, 0.29) is 12.3 Å². The predicted octanol–water partition coefficient (Wildman–Crippen LogP) is 3.11. The average Bonchev–Trinajstić information content (AvgIpc) is 2.86. The molecule has 0 aromatic heterocycles. The van der Waals surface area contributed by atoms with Crippen molar-refractivity contribution in [1.82, 2.24) is 10.6 Å². The monoisotopic (exact) mass is 508 g/mol. The normalized spacial score (nSPS) is 11.6. The highest BCUT2D eigenvalue weighted by molar-refractivity contribution is 7.98. The van der Waals surface area contributed by atoms with Crippen molar-refractivity contribution < 1.29 is 19.1 Å². The van der Waals surface area contributed by atoms with Gasteiger partial charge in [0.15, 0.2) is 0 Å². The van der Waals surface area contributed by atoms with Crippen LogP contribution in [0.5, 0.6) is 5.75 Å². The quantitative estimate of drug-likeness (QED) is 0.262. The molecule has 8 nitrogen and oxygen atoms in total. The SMILES string of the molecule is NC(=O)NC(=O)Cc1cc2ccccc2cc1OCCCCNC(=O)[C@H](N)CSCc1ccccc1. The van der Waals surface area contributed by atoms with E-state index in [9.17, 15) is 14.4 Å². The zero-order chi connectivity index (χ0) is 25.8. The Morgan fingerprint density at radius 1 is 0.944 bits per heavy atom. The second kappa shape index (κ2) is 14.1. The van der Waals surface area contributed by atoms with Crippen molar-refractivity contribution in [3.05, 3.63) is 77.9 Å². The smallest absolute Gasteiger partial charge is 0.318 e. The van der Waals surface area contributed by atoms with Crippen LogP contribution in [0.3, 0.4) is 0 Å². The largest absolute Gasteiger partial charge is 0.493 e. The fourth-order valence-electron chi connectivity index (χ4n) is 3.60. The first-order chi connectivity index (χ1) is 17.4. The van der Waals surface area contributed by atoms with Crippen LogP contribution in [0.2, 0.25) is 0 Å². The molecule has 190 valence electrons. The van der Waals surface area contributed by atoms with Gasteiger partial charge >= 0.3 is 6.03 Å². The Bertz CT molecular complexity index is 1170. The molecule has 0 saturated heterocycles. The number of imide groups is 1. The number of fused-ring (bicyclic) bond motifs is 1. The summed E-state index contributed by atoms with van der Waals surface area (Å²) < 4.78 is 5.96. The van der Waals surface area contributed by atoms with Crippen molar-refractivity contribution in [1.29, 1.82) is 0 Å². The molecule has 6 N–H and O–H groups in total.